The third kappa shape index (κ3) is 3.07. The zero-order valence-corrected chi connectivity index (χ0v) is 15.5. The summed E-state index contributed by atoms with van der Waals surface area (Å²) in [5.41, 5.74) is 1.68. The Morgan fingerprint density at radius 2 is 2.04 bits per heavy atom. The van der Waals surface area contributed by atoms with Crippen LogP contribution in [0.2, 0.25) is 0 Å². The standard InChI is InChI=1S/C17H20N2O3S2/c1-18(2)9-8-13-12-19(24(20,21)17-5-4-10-23-17)16-7-6-14(22-3)11-15(13)16/h4-7,10-12H,8-9H2,1-3H3. The molecule has 0 spiro atoms. The quantitative estimate of drug-likeness (QED) is 0.675. The van der Waals surface area contributed by atoms with Crippen molar-refractivity contribution in [1.82, 2.24) is 8.87 Å². The summed E-state index contributed by atoms with van der Waals surface area (Å²) in [6, 6.07) is 8.88. The molecule has 0 bridgehead atoms. The molecule has 128 valence electrons. The van der Waals surface area contributed by atoms with Gasteiger partial charge in [0.2, 0.25) is 0 Å². The van der Waals surface area contributed by atoms with E-state index in [-0.39, 0.29) is 0 Å². The second-order valence-electron chi connectivity index (χ2n) is 5.82. The lowest BCUT2D eigenvalue weighted by Crippen LogP contribution is -2.15. The fourth-order valence-electron chi connectivity index (χ4n) is 2.62. The molecule has 0 saturated carbocycles. The highest BCUT2D eigenvalue weighted by molar-refractivity contribution is 7.92. The van der Waals surface area contributed by atoms with Crippen LogP contribution >= 0.6 is 11.3 Å². The Kier molecular flexibility index (Phi) is 4.67. The highest BCUT2D eigenvalue weighted by Crippen LogP contribution is 2.30. The summed E-state index contributed by atoms with van der Waals surface area (Å²) in [7, 11) is 2.04. The molecule has 5 nitrogen and oxygen atoms in total. The molecule has 0 radical (unpaired) electrons. The Bertz CT molecular complexity index is 942. The molecule has 3 rings (SSSR count). The number of rotatable bonds is 6. The number of aromatic nitrogens is 1. The number of thiophene rings is 1. The summed E-state index contributed by atoms with van der Waals surface area (Å²) in [6.45, 7) is 0.843. The van der Waals surface area contributed by atoms with E-state index in [1.807, 2.05) is 20.2 Å². The highest BCUT2D eigenvalue weighted by Gasteiger charge is 2.22. The first-order valence-electron chi connectivity index (χ1n) is 7.55. The average molecular weight is 364 g/mol. The second-order valence-corrected chi connectivity index (χ2v) is 8.81. The minimum Gasteiger partial charge on any atom is -0.497 e. The van der Waals surface area contributed by atoms with Gasteiger partial charge < -0.3 is 9.64 Å². The van der Waals surface area contributed by atoms with Crippen molar-refractivity contribution in [2.45, 2.75) is 10.6 Å². The van der Waals surface area contributed by atoms with Gasteiger partial charge in [-0.2, -0.15) is 8.42 Å². The van der Waals surface area contributed by atoms with Crippen LogP contribution in [-0.4, -0.2) is 45.0 Å². The lowest BCUT2D eigenvalue weighted by atomic mass is 10.1. The van der Waals surface area contributed by atoms with Crippen LogP contribution in [0.25, 0.3) is 10.9 Å². The minimum atomic E-state index is -3.58. The first-order valence-corrected chi connectivity index (χ1v) is 9.87. The van der Waals surface area contributed by atoms with Gasteiger partial charge in [0.25, 0.3) is 10.0 Å². The molecule has 0 unspecified atom stereocenters. The van der Waals surface area contributed by atoms with E-state index in [9.17, 15) is 8.42 Å². The number of hydrogen-bond acceptors (Lipinski definition) is 5. The lowest BCUT2D eigenvalue weighted by Gasteiger charge is -2.08. The van der Waals surface area contributed by atoms with Gasteiger partial charge in [-0.25, -0.2) is 3.97 Å². The van der Waals surface area contributed by atoms with Crippen molar-refractivity contribution < 1.29 is 13.2 Å². The molecular formula is C17H20N2O3S2. The number of fused-ring (bicyclic) bond motifs is 1. The molecule has 0 aliphatic carbocycles. The topological polar surface area (TPSA) is 51.5 Å². The predicted molar refractivity (Wildman–Crippen MR) is 97.7 cm³/mol. The van der Waals surface area contributed by atoms with E-state index in [1.54, 1.807) is 43.0 Å². The third-order valence-corrected chi connectivity index (χ3v) is 6.94. The molecule has 0 atom stereocenters. The van der Waals surface area contributed by atoms with Crippen LogP contribution in [0.1, 0.15) is 5.56 Å². The summed E-state index contributed by atoms with van der Waals surface area (Å²) < 4.78 is 32.9. The summed E-state index contributed by atoms with van der Waals surface area (Å²) in [5, 5.41) is 2.69. The van der Waals surface area contributed by atoms with Gasteiger partial charge in [0.15, 0.2) is 0 Å². The van der Waals surface area contributed by atoms with Crippen LogP contribution in [0, 0.1) is 0 Å². The number of benzene rings is 1. The molecule has 0 aliphatic rings. The first-order chi connectivity index (χ1) is 11.4. The maximum absolute atomic E-state index is 12.9. The Balaban J connectivity index is 2.18. The van der Waals surface area contributed by atoms with Gasteiger partial charge in [-0.1, -0.05) is 6.07 Å². The maximum Gasteiger partial charge on any atom is 0.277 e. The fourth-order valence-corrected chi connectivity index (χ4v) is 5.09. The summed E-state index contributed by atoms with van der Waals surface area (Å²) in [4.78, 5) is 2.08. The van der Waals surface area contributed by atoms with Crippen molar-refractivity contribution in [3.8, 4) is 5.75 Å². The Morgan fingerprint density at radius 3 is 2.67 bits per heavy atom. The number of nitrogens with zero attached hydrogens (tertiary/aromatic N) is 2. The van der Waals surface area contributed by atoms with Crippen LogP contribution in [-0.2, 0) is 16.4 Å². The fraction of sp³-hybridized carbons (Fsp3) is 0.294. The maximum atomic E-state index is 12.9. The van der Waals surface area contributed by atoms with Crippen molar-refractivity contribution >= 4 is 32.3 Å². The molecule has 1 aromatic carbocycles. The Morgan fingerprint density at radius 1 is 1.25 bits per heavy atom. The van der Waals surface area contributed by atoms with Crippen molar-refractivity contribution in [1.29, 1.82) is 0 Å². The smallest absolute Gasteiger partial charge is 0.277 e. The summed E-state index contributed by atoms with van der Waals surface area (Å²) in [5.74, 6) is 0.722. The van der Waals surface area contributed by atoms with Crippen molar-refractivity contribution in [2.24, 2.45) is 0 Å². The molecular weight excluding hydrogens is 344 g/mol. The Hall–Kier alpha value is -1.83. The zero-order chi connectivity index (χ0) is 17.3. The minimum absolute atomic E-state index is 0.342. The van der Waals surface area contributed by atoms with Crippen LogP contribution in [0.3, 0.4) is 0 Å². The van der Waals surface area contributed by atoms with Crippen LogP contribution in [0.5, 0.6) is 5.75 Å². The van der Waals surface area contributed by atoms with E-state index < -0.39 is 10.0 Å². The summed E-state index contributed by atoms with van der Waals surface area (Å²) >= 11 is 1.23. The lowest BCUT2D eigenvalue weighted by molar-refractivity contribution is 0.413. The van der Waals surface area contributed by atoms with Crippen LogP contribution in [0.4, 0.5) is 0 Å². The molecule has 24 heavy (non-hydrogen) atoms. The first kappa shape index (κ1) is 17.0. The molecule has 0 saturated heterocycles. The van der Waals surface area contributed by atoms with Gasteiger partial charge in [-0.3, -0.25) is 0 Å². The van der Waals surface area contributed by atoms with E-state index in [1.165, 1.54) is 15.3 Å². The number of ether oxygens (including phenoxy) is 1. The van der Waals surface area contributed by atoms with E-state index in [4.69, 9.17) is 4.74 Å². The van der Waals surface area contributed by atoms with Gasteiger partial charge in [0.05, 0.1) is 12.6 Å². The number of methoxy groups -OCH3 is 1. The monoisotopic (exact) mass is 364 g/mol. The molecule has 0 fully saturated rings. The second kappa shape index (κ2) is 6.58. The Labute approximate surface area is 146 Å². The average Bonchev–Trinajstić information content (AvgIpc) is 3.20. The van der Waals surface area contributed by atoms with E-state index in [2.05, 4.69) is 4.90 Å². The van der Waals surface area contributed by atoms with Gasteiger partial charge in [-0.15, -0.1) is 11.3 Å². The van der Waals surface area contributed by atoms with Crippen molar-refractivity contribution in [3.63, 3.8) is 0 Å². The highest BCUT2D eigenvalue weighted by atomic mass is 32.2. The van der Waals surface area contributed by atoms with Crippen molar-refractivity contribution in [3.05, 3.63) is 47.5 Å². The van der Waals surface area contributed by atoms with Gasteiger partial charge >= 0.3 is 0 Å². The SMILES string of the molecule is COc1ccc2c(c1)c(CCN(C)C)cn2S(=O)(=O)c1cccs1. The molecule has 0 amide bonds. The number of hydrogen-bond donors (Lipinski definition) is 0. The van der Waals surface area contributed by atoms with E-state index in [0.29, 0.717) is 9.73 Å². The molecule has 0 N–H and O–H groups in total. The molecule has 3 aromatic rings. The van der Waals surface area contributed by atoms with Gasteiger partial charge in [0.1, 0.15) is 9.96 Å². The molecule has 2 heterocycles. The van der Waals surface area contributed by atoms with E-state index >= 15 is 0 Å². The molecule has 7 heteroatoms. The van der Waals surface area contributed by atoms with Gasteiger partial charge in [0, 0.05) is 18.1 Å². The molecule has 2 aromatic heterocycles. The number of likely N-dealkylation sites (N-methyl/N-ethyl adjacent to an activating group) is 1. The third-order valence-electron chi connectivity index (χ3n) is 3.90. The molecule has 0 aliphatic heterocycles. The van der Waals surface area contributed by atoms with Crippen molar-refractivity contribution in [2.75, 3.05) is 27.7 Å². The summed E-state index contributed by atoms with van der Waals surface area (Å²) in [6.07, 6.45) is 2.51. The normalized spacial score (nSPS) is 12.2. The zero-order valence-electron chi connectivity index (χ0n) is 13.9. The predicted octanol–water partition coefficient (Wildman–Crippen LogP) is 3.05. The van der Waals surface area contributed by atoms with Crippen LogP contribution in [0.15, 0.2) is 46.1 Å². The van der Waals surface area contributed by atoms with Gasteiger partial charge in [-0.05, 0) is 55.7 Å². The largest absolute Gasteiger partial charge is 0.497 e. The van der Waals surface area contributed by atoms with E-state index in [0.717, 1.165) is 29.7 Å². The van der Waals surface area contributed by atoms with Crippen LogP contribution < -0.4 is 4.74 Å².